The first-order valence-corrected chi connectivity index (χ1v) is 16.6. The van der Waals surface area contributed by atoms with Gasteiger partial charge in [-0.2, -0.15) is 0 Å². The van der Waals surface area contributed by atoms with Crippen molar-refractivity contribution in [1.29, 1.82) is 0 Å². The van der Waals surface area contributed by atoms with Gasteiger partial charge in [-0.15, -0.1) is 0 Å². The van der Waals surface area contributed by atoms with Gasteiger partial charge in [0.05, 0.1) is 12.8 Å². The van der Waals surface area contributed by atoms with Gasteiger partial charge >= 0.3 is 6.09 Å². The highest BCUT2D eigenvalue weighted by molar-refractivity contribution is 6.38. The van der Waals surface area contributed by atoms with Crippen LogP contribution in [0.25, 0.3) is 28.2 Å². The van der Waals surface area contributed by atoms with E-state index in [1.807, 2.05) is 62.4 Å². The van der Waals surface area contributed by atoms with Crippen molar-refractivity contribution in [2.75, 3.05) is 24.7 Å². The fourth-order valence-electron chi connectivity index (χ4n) is 6.83. The van der Waals surface area contributed by atoms with Crippen molar-refractivity contribution in [3.63, 3.8) is 0 Å². The number of carbonyl (C=O) groups excluding carboxylic acids is 3. The molecule has 2 atom stereocenters. The third-order valence-corrected chi connectivity index (χ3v) is 9.09. The predicted molar refractivity (Wildman–Crippen MR) is 195 cm³/mol. The number of hydrogen-bond donors (Lipinski definition) is 3. The molecule has 5 rings (SSSR count). The Hall–Kier alpha value is -5.06. The van der Waals surface area contributed by atoms with Crippen molar-refractivity contribution in [1.82, 2.24) is 14.8 Å². The third-order valence-electron chi connectivity index (χ3n) is 9.09. The van der Waals surface area contributed by atoms with Gasteiger partial charge in [0.15, 0.2) is 0 Å². The van der Waals surface area contributed by atoms with Crippen LogP contribution in [0.3, 0.4) is 0 Å². The third kappa shape index (κ3) is 7.35. The van der Waals surface area contributed by atoms with Crippen molar-refractivity contribution in [3.8, 4) is 28.2 Å². The first-order chi connectivity index (χ1) is 23.2. The minimum absolute atomic E-state index is 0.194. The van der Waals surface area contributed by atoms with Gasteiger partial charge in [-0.3, -0.25) is 9.59 Å². The van der Waals surface area contributed by atoms with Crippen molar-refractivity contribution in [2.24, 2.45) is 5.92 Å². The lowest BCUT2D eigenvalue weighted by Gasteiger charge is -2.30. The fourth-order valence-corrected chi connectivity index (χ4v) is 6.83. The molecule has 1 fully saturated rings. The maximum absolute atomic E-state index is 14.1. The van der Waals surface area contributed by atoms with Gasteiger partial charge in [0.25, 0.3) is 0 Å². The number of likely N-dealkylation sites (tertiary alicyclic amines) is 1. The second-order valence-corrected chi connectivity index (χ2v) is 14.0. The van der Waals surface area contributed by atoms with Crippen LogP contribution in [0.1, 0.15) is 53.0 Å². The number of anilines is 2. The van der Waals surface area contributed by atoms with Gasteiger partial charge < -0.3 is 30.6 Å². The minimum atomic E-state index is -0.808. The molecule has 11 heteroatoms. The molecule has 9 nitrogen and oxygen atoms in total. The van der Waals surface area contributed by atoms with Crippen LogP contribution in [0, 0.1) is 11.7 Å². The monoisotopic (exact) mass is 665 g/mol. The number of carbonyl (C=O) groups is 3. The lowest BCUT2D eigenvalue weighted by atomic mass is 9.76. The Bertz CT molecular complexity index is 1830. The summed E-state index contributed by atoms with van der Waals surface area (Å²) in [6.45, 7) is 10.6. The molecule has 1 aliphatic heterocycles. The number of aromatic nitrogens is 1. The number of alkyl carbamates (subject to hydrolysis) is 1. The average molecular weight is 666 g/mol. The SMILES string of the molecule is Bc1c(C(C)(C)C)c(-c2ccc(N)cc2)n(-c2ccc(F)cc2)c1-c1ccc(NC(=O)[C@@H]2CCCN2C(=O)[C@@H](NC(=O)OC)C(C)C)cc1. The van der Waals surface area contributed by atoms with Crippen molar-refractivity contribution in [3.05, 3.63) is 84.2 Å². The summed E-state index contributed by atoms with van der Waals surface area (Å²) in [5.41, 5.74) is 14.0. The maximum Gasteiger partial charge on any atom is 0.407 e. The van der Waals surface area contributed by atoms with Crippen molar-refractivity contribution in [2.45, 2.75) is 65.0 Å². The van der Waals surface area contributed by atoms with E-state index >= 15 is 0 Å². The van der Waals surface area contributed by atoms with Crippen LogP contribution in [-0.2, 0) is 19.7 Å². The molecule has 2 heterocycles. The molecular formula is C38H45BFN5O4. The molecular weight excluding hydrogens is 620 g/mol. The first kappa shape index (κ1) is 35.3. The molecule has 1 aliphatic rings. The zero-order chi connectivity index (χ0) is 35.6. The smallest absolute Gasteiger partial charge is 0.407 e. The molecule has 0 unspecified atom stereocenters. The average Bonchev–Trinajstić information content (AvgIpc) is 3.67. The number of nitrogens with one attached hydrogen (secondary N) is 2. The summed E-state index contributed by atoms with van der Waals surface area (Å²) < 4.78 is 21.0. The number of nitrogens with zero attached hydrogens (tertiary/aromatic N) is 2. The molecule has 1 aromatic heterocycles. The highest BCUT2D eigenvalue weighted by Gasteiger charge is 2.39. The van der Waals surface area contributed by atoms with Crippen LogP contribution in [0.15, 0.2) is 72.8 Å². The lowest BCUT2D eigenvalue weighted by Crippen LogP contribution is -2.54. The molecule has 0 spiro atoms. The van der Waals surface area contributed by atoms with E-state index in [0.29, 0.717) is 30.8 Å². The number of hydrogen-bond acceptors (Lipinski definition) is 5. The zero-order valence-corrected chi connectivity index (χ0v) is 29.3. The van der Waals surface area contributed by atoms with E-state index in [2.05, 4.69) is 43.8 Å². The number of ether oxygens (including phenoxy) is 1. The van der Waals surface area contributed by atoms with Crippen LogP contribution in [0.4, 0.5) is 20.6 Å². The number of halogens is 1. The summed E-state index contributed by atoms with van der Waals surface area (Å²) in [6.07, 6.45) is 0.508. The number of nitrogen functional groups attached to an aromatic ring is 1. The van der Waals surface area contributed by atoms with Gasteiger partial charge in [-0.1, -0.05) is 64.3 Å². The number of benzene rings is 3. The molecule has 0 radical (unpaired) electrons. The molecule has 0 aliphatic carbocycles. The number of methoxy groups -OCH3 is 1. The van der Waals surface area contributed by atoms with Crippen LogP contribution in [-0.4, -0.2) is 61.0 Å². The molecule has 256 valence electrons. The standard InChI is InChI=1S/C38H45BFN5O4/c1-22(2)32(43-37(48)49-6)36(47)44-21-7-8-29(44)35(46)42-27-17-11-24(12-18-27)34-31(39)30(38(3,4)5)33(23-9-15-26(41)16-10-23)45(34)28-19-13-25(40)14-20-28/h9-20,22,29,32H,7-8,21,39,41H2,1-6H3,(H,42,46)(H,43,48)/t29-,32-/m0/s1. The van der Waals surface area contributed by atoms with Gasteiger partial charge in [-0.05, 0) is 89.4 Å². The normalized spacial score (nSPS) is 15.3. The largest absolute Gasteiger partial charge is 0.453 e. The summed E-state index contributed by atoms with van der Waals surface area (Å²) in [6, 6.07) is 20.4. The summed E-state index contributed by atoms with van der Waals surface area (Å²) in [5, 5.41) is 5.62. The lowest BCUT2D eigenvalue weighted by molar-refractivity contribution is -0.139. The Morgan fingerprint density at radius 3 is 2.10 bits per heavy atom. The molecule has 49 heavy (non-hydrogen) atoms. The van der Waals surface area contributed by atoms with E-state index in [0.717, 1.165) is 39.2 Å². The Morgan fingerprint density at radius 1 is 0.939 bits per heavy atom. The molecule has 3 amide bonds. The quantitative estimate of drug-likeness (QED) is 0.172. The van der Waals surface area contributed by atoms with Crippen LogP contribution in [0.5, 0.6) is 0 Å². The van der Waals surface area contributed by atoms with Crippen LogP contribution in [0.2, 0.25) is 0 Å². The fraction of sp³-hybridized carbons (Fsp3) is 0.342. The maximum atomic E-state index is 14.1. The van der Waals surface area contributed by atoms with Gasteiger partial charge in [-0.25, -0.2) is 9.18 Å². The minimum Gasteiger partial charge on any atom is -0.453 e. The summed E-state index contributed by atoms with van der Waals surface area (Å²) in [5.74, 6) is -1.11. The predicted octanol–water partition coefficient (Wildman–Crippen LogP) is 5.40. The number of amides is 3. The molecule has 1 saturated heterocycles. The Balaban J connectivity index is 1.50. The topological polar surface area (TPSA) is 119 Å². The molecule has 0 saturated carbocycles. The van der Waals surface area contributed by atoms with E-state index < -0.39 is 18.2 Å². The van der Waals surface area contributed by atoms with Crippen molar-refractivity contribution < 1.29 is 23.5 Å². The van der Waals surface area contributed by atoms with E-state index in [1.54, 1.807) is 17.0 Å². The van der Waals surface area contributed by atoms with Crippen LogP contribution >= 0.6 is 0 Å². The summed E-state index contributed by atoms with van der Waals surface area (Å²) in [7, 11) is 3.36. The second-order valence-electron chi connectivity index (χ2n) is 14.0. The molecule has 3 aromatic carbocycles. The number of nitrogens with two attached hydrogens (primary N) is 1. The molecule has 0 bridgehead atoms. The van der Waals surface area contributed by atoms with E-state index in [9.17, 15) is 18.8 Å². The zero-order valence-electron chi connectivity index (χ0n) is 29.3. The van der Waals surface area contributed by atoms with E-state index in [1.165, 1.54) is 19.2 Å². The molecule has 4 aromatic rings. The highest BCUT2D eigenvalue weighted by atomic mass is 19.1. The van der Waals surface area contributed by atoms with Gasteiger partial charge in [0.2, 0.25) is 11.8 Å². The summed E-state index contributed by atoms with van der Waals surface area (Å²) >= 11 is 0. The van der Waals surface area contributed by atoms with Gasteiger partial charge in [0, 0.05) is 29.3 Å². The number of rotatable bonds is 8. The second kappa shape index (κ2) is 14.2. The Morgan fingerprint density at radius 2 is 1.53 bits per heavy atom. The van der Waals surface area contributed by atoms with Gasteiger partial charge in [0.1, 0.15) is 25.7 Å². The highest BCUT2D eigenvalue weighted by Crippen LogP contribution is 2.40. The summed E-state index contributed by atoms with van der Waals surface area (Å²) in [4.78, 5) is 40.5. The van der Waals surface area contributed by atoms with E-state index in [4.69, 9.17) is 10.5 Å². The molecule has 4 N–H and O–H groups in total. The van der Waals surface area contributed by atoms with E-state index in [-0.39, 0.29) is 29.0 Å². The Kier molecular flexibility index (Phi) is 10.2. The first-order valence-electron chi connectivity index (χ1n) is 16.6. The van der Waals surface area contributed by atoms with Crippen LogP contribution < -0.4 is 21.8 Å². The van der Waals surface area contributed by atoms with Crippen molar-refractivity contribution >= 4 is 42.6 Å². The Labute approximate surface area is 288 Å².